The summed E-state index contributed by atoms with van der Waals surface area (Å²) in [4.78, 5) is 17.2. The molecular formula is C27H33N3O2. The number of nitrogens with zero attached hydrogens (tertiary/aromatic N) is 1. The SMILES string of the molecule is COC(=O)c1cc(-c2ccc(NCC(C)C)cc2)c(C)cc1-c1ccc(NC(C)C)nc1. The summed E-state index contributed by atoms with van der Waals surface area (Å²) in [5, 5.41) is 6.72. The summed E-state index contributed by atoms with van der Waals surface area (Å²) in [6.45, 7) is 11.5. The van der Waals surface area contributed by atoms with Gasteiger partial charge in [-0.2, -0.15) is 0 Å². The van der Waals surface area contributed by atoms with Gasteiger partial charge in [0, 0.05) is 30.0 Å². The van der Waals surface area contributed by atoms with Crippen molar-refractivity contribution >= 4 is 17.5 Å². The summed E-state index contributed by atoms with van der Waals surface area (Å²) in [6.07, 6.45) is 1.79. The van der Waals surface area contributed by atoms with Crippen LogP contribution < -0.4 is 10.6 Å². The molecule has 0 aliphatic carbocycles. The van der Waals surface area contributed by atoms with E-state index in [1.165, 1.54) is 7.11 Å². The molecular weight excluding hydrogens is 398 g/mol. The second kappa shape index (κ2) is 10.3. The summed E-state index contributed by atoms with van der Waals surface area (Å²) in [6, 6.07) is 16.5. The number of rotatable bonds is 8. The Kier molecular flexibility index (Phi) is 7.52. The number of ether oxygens (including phenoxy) is 1. The van der Waals surface area contributed by atoms with Gasteiger partial charge in [0.2, 0.25) is 0 Å². The molecule has 1 heterocycles. The van der Waals surface area contributed by atoms with E-state index < -0.39 is 0 Å². The highest BCUT2D eigenvalue weighted by Gasteiger charge is 2.17. The van der Waals surface area contributed by atoms with Crippen molar-refractivity contribution in [2.24, 2.45) is 5.92 Å². The highest BCUT2D eigenvalue weighted by Crippen LogP contribution is 2.33. The third-order valence-electron chi connectivity index (χ3n) is 5.19. The molecule has 0 spiro atoms. The van der Waals surface area contributed by atoms with Gasteiger partial charge in [-0.25, -0.2) is 9.78 Å². The van der Waals surface area contributed by atoms with Gasteiger partial charge in [0.05, 0.1) is 12.7 Å². The molecule has 0 atom stereocenters. The number of esters is 1. The molecule has 32 heavy (non-hydrogen) atoms. The molecule has 0 bridgehead atoms. The second-order valence-corrected chi connectivity index (χ2v) is 8.79. The van der Waals surface area contributed by atoms with E-state index in [0.29, 0.717) is 17.5 Å². The van der Waals surface area contributed by atoms with E-state index in [-0.39, 0.29) is 5.97 Å². The van der Waals surface area contributed by atoms with Gasteiger partial charge in [-0.15, -0.1) is 0 Å². The molecule has 0 saturated heterocycles. The van der Waals surface area contributed by atoms with Crippen LogP contribution in [0.15, 0.2) is 54.7 Å². The zero-order valence-electron chi connectivity index (χ0n) is 19.8. The van der Waals surface area contributed by atoms with Gasteiger partial charge >= 0.3 is 5.97 Å². The number of aryl methyl sites for hydroxylation is 1. The highest BCUT2D eigenvalue weighted by molar-refractivity contribution is 5.99. The Bertz CT molecular complexity index is 1060. The fraction of sp³-hybridized carbons (Fsp3) is 0.333. The Hall–Kier alpha value is -3.34. The lowest BCUT2D eigenvalue weighted by Crippen LogP contribution is -2.10. The maximum atomic E-state index is 12.7. The third-order valence-corrected chi connectivity index (χ3v) is 5.19. The van der Waals surface area contributed by atoms with Crippen molar-refractivity contribution in [2.45, 2.75) is 40.7 Å². The minimum Gasteiger partial charge on any atom is -0.465 e. The van der Waals surface area contributed by atoms with Crippen LogP contribution in [-0.4, -0.2) is 30.6 Å². The van der Waals surface area contributed by atoms with Crippen molar-refractivity contribution in [1.82, 2.24) is 4.98 Å². The lowest BCUT2D eigenvalue weighted by Gasteiger charge is -2.15. The van der Waals surface area contributed by atoms with E-state index in [4.69, 9.17) is 4.74 Å². The minimum absolute atomic E-state index is 0.299. The Labute approximate surface area is 191 Å². The number of anilines is 2. The summed E-state index contributed by atoms with van der Waals surface area (Å²) in [7, 11) is 1.41. The molecule has 3 rings (SSSR count). The lowest BCUT2D eigenvalue weighted by atomic mass is 9.91. The predicted molar refractivity (Wildman–Crippen MR) is 133 cm³/mol. The Balaban J connectivity index is 1.98. The molecule has 1 aromatic heterocycles. The van der Waals surface area contributed by atoms with Gasteiger partial charge in [-0.3, -0.25) is 0 Å². The highest BCUT2D eigenvalue weighted by atomic mass is 16.5. The molecule has 0 aliphatic rings. The Morgan fingerprint density at radius 2 is 1.66 bits per heavy atom. The zero-order valence-corrected chi connectivity index (χ0v) is 19.8. The molecule has 0 radical (unpaired) electrons. The topological polar surface area (TPSA) is 63.2 Å². The number of methoxy groups -OCH3 is 1. The van der Waals surface area contributed by atoms with E-state index in [2.05, 4.69) is 74.5 Å². The van der Waals surface area contributed by atoms with E-state index in [0.717, 1.165) is 45.9 Å². The van der Waals surface area contributed by atoms with Gasteiger partial charge in [0.15, 0.2) is 0 Å². The molecule has 3 aromatic rings. The fourth-order valence-corrected chi connectivity index (χ4v) is 3.56. The van der Waals surface area contributed by atoms with Crippen LogP contribution in [-0.2, 0) is 4.74 Å². The zero-order chi connectivity index (χ0) is 23.3. The smallest absolute Gasteiger partial charge is 0.338 e. The van der Waals surface area contributed by atoms with Crippen molar-refractivity contribution in [1.29, 1.82) is 0 Å². The molecule has 2 N–H and O–H groups in total. The van der Waals surface area contributed by atoms with E-state index in [1.54, 1.807) is 6.20 Å². The minimum atomic E-state index is -0.360. The number of benzene rings is 2. The number of carbonyl (C=O) groups excluding carboxylic acids is 1. The monoisotopic (exact) mass is 431 g/mol. The van der Waals surface area contributed by atoms with Crippen LogP contribution >= 0.6 is 0 Å². The van der Waals surface area contributed by atoms with Crippen molar-refractivity contribution in [3.8, 4) is 22.3 Å². The number of nitrogens with one attached hydrogen (secondary N) is 2. The first kappa shape index (κ1) is 23.3. The molecule has 5 heteroatoms. The van der Waals surface area contributed by atoms with Crippen molar-refractivity contribution in [3.63, 3.8) is 0 Å². The van der Waals surface area contributed by atoms with Crippen LogP contribution in [0, 0.1) is 12.8 Å². The van der Waals surface area contributed by atoms with Crippen molar-refractivity contribution < 1.29 is 9.53 Å². The second-order valence-electron chi connectivity index (χ2n) is 8.79. The molecule has 0 saturated carbocycles. The Morgan fingerprint density at radius 1 is 0.969 bits per heavy atom. The quantitative estimate of drug-likeness (QED) is 0.404. The molecule has 5 nitrogen and oxygen atoms in total. The molecule has 168 valence electrons. The van der Waals surface area contributed by atoms with Gasteiger partial charge in [0.25, 0.3) is 0 Å². The van der Waals surface area contributed by atoms with Gasteiger partial charge < -0.3 is 15.4 Å². The average molecular weight is 432 g/mol. The fourth-order valence-electron chi connectivity index (χ4n) is 3.56. The first-order chi connectivity index (χ1) is 15.3. The van der Waals surface area contributed by atoms with Crippen LogP contribution in [0.2, 0.25) is 0 Å². The molecule has 0 fully saturated rings. The van der Waals surface area contributed by atoms with Gasteiger partial charge in [-0.05, 0) is 85.3 Å². The van der Waals surface area contributed by atoms with Crippen LogP contribution in [0.3, 0.4) is 0 Å². The standard InChI is InChI=1S/C27H33N3O2/c1-17(2)15-28-22-10-7-20(8-11-22)23-14-25(27(31)32-6)24(13-19(23)5)21-9-12-26(29-16-21)30-18(3)4/h7-14,16-18,28H,15H2,1-6H3,(H,29,30). The van der Waals surface area contributed by atoms with Crippen molar-refractivity contribution in [2.75, 3.05) is 24.3 Å². The van der Waals surface area contributed by atoms with Gasteiger partial charge in [0.1, 0.15) is 5.82 Å². The number of carbonyl (C=O) groups is 1. The van der Waals surface area contributed by atoms with Crippen LogP contribution in [0.4, 0.5) is 11.5 Å². The molecule has 0 aliphatic heterocycles. The van der Waals surface area contributed by atoms with Crippen LogP contribution in [0.25, 0.3) is 22.3 Å². The summed E-state index contributed by atoms with van der Waals surface area (Å²) < 4.78 is 5.10. The van der Waals surface area contributed by atoms with Crippen LogP contribution in [0.5, 0.6) is 0 Å². The normalized spacial score (nSPS) is 11.0. The lowest BCUT2D eigenvalue weighted by molar-refractivity contribution is 0.0601. The molecule has 2 aromatic carbocycles. The summed E-state index contributed by atoms with van der Waals surface area (Å²) in [5.41, 5.74) is 6.46. The predicted octanol–water partition coefficient (Wildman–Crippen LogP) is 6.40. The maximum Gasteiger partial charge on any atom is 0.338 e. The summed E-state index contributed by atoms with van der Waals surface area (Å²) >= 11 is 0. The van der Waals surface area contributed by atoms with E-state index in [1.807, 2.05) is 24.3 Å². The molecule has 0 amide bonds. The number of hydrogen-bond donors (Lipinski definition) is 2. The van der Waals surface area contributed by atoms with Gasteiger partial charge in [-0.1, -0.05) is 26.0 Å². The summed E-state index contributed by atoms with van der Waals surface area (Å²) in [5.74, 6) is 1.03. The maximum absolute atomic E-state index is 12.7. The first-order valence-corrected chi connectivity index (χ1v) is 11.1. The number of pyridine rings is 1. The number of aromatic nitrogens is 1. The largest absolute Gasteiger partial charge is 0.465 e. The Morgan fingerprint density at radius 3 is 2.22 bits per heavy atom. The molecule has 0 unspecified atom stereocenters. The van der Waals surface area contributed by atoms with E-state index in [9.17, 15) is 4.79 Å². The van der Waals surface area contributed by atoms with Crippen LogP contribution in [0.1, 0.15) is 43.6 Å². The third kappa shape index (κ3) is 5.67. The van der Waals surface area contributed by atoms with Crippen molar-refractivity contribution in [3.05, 3.63) is 65.9 Å². The van der Waals surface area contributed by atoms with E-state index >= 15 is 0 Å². The number of hydrogen-bond acceptors (Lipinski definition) is 5. The first-order valence-electron chi connectivity index (χ1n) is 11.1. The average Bonchev–Trinajstić information content (AvgIpc) is 2.77.